The van der Waals surface area contributed by atoms with E-state index in [-0.39, 0.29) is 29.7 Å². The average Bonchev–Trinajstić information content (AvgIpc) is 2.52. The van der Waals surface area contributed by atoms with E-state index < -0.39 is 10.0 Å². The molecule has 0 saturated carbocycles. The van der Waals surface area contributed by atoms with Crippen molar-refractivity contribution in [3.63, 3.8) is 0 Å². The second-order valence-corrected chi connectivity index (χ2v) is 6.45. The van der Waals surface area contributed by atoms with Crippen molar-refractivity contribution < 1.29 is 18.3 Å². The van der Waals surface area contributed by atoms with Gasteiger partial charge in [-0.3, -0.25) is 0 Å². The number of nitrogens with one attached hydrogen (secondary N) is 1. The summed E-state index contributed by atoms with van der Waals surface area (Å²) in [6.07, 6.45) is 1.54. The van der Waals surface area contributed by atoms with Gasteiger partial charge in [0.15, 0.2) is 0 Å². The summed E-state index contributed by atoms with van der Waals surface area (Å²) in [5.74, 6) is 0.352. The number of ether oxygens (including phenoxy) is 1. The number of aliphatic hydroxyl groups excluding tert-OH is 1. The Morgan fingerprint density at radius 1 is 1.39 bits per heavy atom. The topological polar surface area (TPSA) is 127 Å². The lowest BCUT2D eigenvalue weighted by atomic mass is 10.1. The molecule has 0 bridgehead atoms. The molecule has 2 aromatic rings. The van der Waals surface area contributed by atoms with Crippen LogP contribution in [-0.2, 0) is 10.0 Å². The van der Waals surface area contributed by atoms with E-state index in [2.05, 4.69) is 14.7 Å². The maximum absolute atomic E-state index is 12.3. The molecule has 0 atom stereocenters. The summed E-state index contributed by atoms with van der Waals surface area (Å²) in [7, 11) is -2.43. The first-order valence-electron chi connectivity index (χ1n) is 6.77. The molecule has 0 fully saturated rings. The summed E-state index contributed by atoms with van der Waals surface area (Å²) in [5, 5.41) is 8.81. The lowest BCUT2D eigenvalue weighted by Gasteiger charge is -2.13. The zero-order valence-corrected chi connectivity index (χ0v) is 13.6. The highest BCUT2D eigenvalue weighted by Crippen LogP contribution is 2.30. The molecule has 0 aliphatic rings. The largest absolute Gasteiger partial charge is 0.495 e. The van der Waals surface area contributed by atoms with Gasteiger partial charge >= 0.3 is 0 Å². The number of sulfonamides is 1. The Kier molecular flexibility index (Phi) is 5.14. The summed E-state index contributed by atoms with van der Waals surface area (Å²) < 4.78 is 32.1. The number of hydrogen-bond acceptors (Lipinski definition) is 7. The Bertz CT molecular complexity index is 808. The predicted octanol–water partition coefficient (Wildman–Crippen LogP) is 0.313. The number of anilines is 1. The fraction of sp³-hybridized carbons (Fsp3) is 0.286. The molecule has 124 valence electrons. The Labute approximate surface area is 134 Å². The molecule has 8 nitrogen and oxygen atoms in total. The maximum atomic E-state index is 12.3. The quantitative estimate of drug-likeness (QED) is 0.692. The van der Waals surface area contributed by atoms with Crippen LogP contribution in [0.4, 0.5) is 5.95 Å². The number of aryl methyl sites for hydroxylation is 1. The molecule has 9 heteroatoms. The van der Waals surface area contributed by atoms with Crippen LogP contribution in [0.5, 0.6) is 5.75 Å². The monoisotopic (exact) mass is 338 g/mol. The van der Waals surface area contributed by atoms with E-state index in [0.717, 1.165) is 0 Å². The zero-order valence-electron chi connectivity index (χ0n) is 12.8. The molecular weight excluding hydrogens is 320 g/mol. The van der Waals surface area contributed by atoms with Crippen molar-refractivity contribution >= 4 is 16.0 Å². The number of methoxy groups -OCH3 is 1. The van der Waals surface area contributed by atoms with Crippen molar-refractivity contribution in [1.82, 2.24) is 14.7 Å². The molecule has 0 aliphatic heterocycles. The van der Waals surface area contributed by atoms with Crippen LogP contribution in [0.3, 0.4) is 0 Å². The summed E-state index contributed by atoms with van der Waals surface area (Å²) in [4.78, 5) is 7.98. The van der Waals surface area contributed by atoms with Crippen LogP contribution in [-0.4, -0.2) is 43.8 Å². The minimum absolute atomic E-state index is 0.0258. The molecule has 0 amide bonds. The first-order valence-corrected chi connectivity index (χ1v) is 8.25. The van der Waals surface area contributed by atoms with Gasteiger partial charge in [-0.15, -0.1) is 0 Å². The molecule has 0 aliphatic carbocycles. The number of aromatic nitrogens is 2. The second kappa shape index (κ2) is 6.90. The predicted molar refractivity (Wildman–Crippen MR) is 85.4 cm³/mol. The molecule has 23 heavy (non-hydrogen) atoms. The Balaban J connectivity index is 2.55. The van der Waals surface area contributed by atoms with E-state index in [4.69, 9.17) is 15.6 Å². The molecule has 1 aromatic heterocycles. The van der Waals surface area contributed by atoms with Crippen LogP contribution >= 0.6 is 0 Å². The molecule has 0 saturated heterocycles. The van der Waals surface area contributed by atoms with E-state index in [1.165, 1.54) is 19.4 Å². The van der Waals surface area contributed by atoms with Gasteiger partial charge in [0.2, 0.25) is 16.0 Å². The summed E-state index contributed by atoms with van der Waals surface area (Å²) in [6, 6.07) is 4.74. The van der Waals surface area contributed by atoms with Crippen LogP contribution in [0.2, 0.25) is 0 Å². The van der Waals surface area contributed by atoms with Crippen molar-refractivity contribution in [2.45, 2.75) is 11.8 Å². The van der Waals surface area contributed by atoms with Gasteiger partial charge in [-0.1, -0.05) is 6.07 Å². The number of hydrogen-bond donors (Lipinski definition) is 3. The fourth-order valence-corrected chi connectivity index (χ4v) is 3.29. The third kappa shape index (κ3) is 3.76. The average molecular weight is 338 g/mol. The smallest absolute Gasteiger partial charge is 0.244 e. The van der Waals surface area contributed by atoms with Crippen molar-refractivity contribution in [2.24, 2.45) is 0 Å². The van der Waals surface area contributed by atoms with E-state index in [1.807, 2.05) is 0 Å². The van der Waals surface area contributed by atoms with E-state index >= 15 is 0 Å². The standard InChI is InChI=1S/C14H18N4O4S/c1-9-11(8-16-14(15)18-9)10-3-4-12(22-2)13(7-10)23(20,21)17-5-6-19/h3-4,7-8,17,19H,5-6H2,1-2H3,(H2,15,16,18). The van der Waals surface area contributed by atoms with Gasteiger partial charge in [-0.05, 0) is 24.6 Å². The molecule has 0 spiro atoms. The number of aliphatic hydroxyl groups is 1. The van der Waals surface area contributed by atoms with Gasteiger partial charge < -0.3 is 15.6 Å². The Morgan fingerprint density at radius 3 is 2.74 bits per heavy atom. The minimum Gasteiger partial charge on any atom is -0.495 e. The fourth-order valence-electron chi connectivity index (χ4n) is 2.08. The normalized spacial score (nSPS) is 11.4. The third-order valence-electron chi connectivity index (χ3n) is 3.17. The molecule has 0 unspecified atom stereocenters. The van der Waals surface area contributed by atoms with Gasteiger partial charge in [-0.2, -0.15) is 0 Å². The SMILES string of the molecule is COc1ccc(-c2cnc(N)nc2C)cc1S(=O)(=O)NCCO. The van der Waals surface area contributed by atoms with E-state index in [9.17, 15) is 8.42 Å². The first-order chi connectivity index (χ1) is 10.9. The highest BCUT2D eigenvalue weighted by molar-refractivity contribution is 7.89. The van der Waals surface area contributed by atoms with Gasteiger partial charge in [0.05, 0.1) is 19.4 Å². The number of benzene rings is 1. The molecule has 4 N–H and O–H groups in total. The molecule has 1 heterocycles. The lowest BCUT2D eigenvalue weighted by Crippen LogP contribution is -2.27. The van der Waals surface area contributed by atoms with Crippen LogP contribution in [0.25, 0.3) is 11.1 Å². The first kappa shape index (κ1) is 17.1. The van der Waals surface area contributed by atoms with E-state index in [1.54, 1.807) is 19.1 Å². The third-order valence-corrected chi connectivity index (χ3v) is 4.65. The minimum atomic E-state index is -3.82. The summed E-state index contributed by atoms with van der Waals surface area (Å²) >= 11 is 0. The molecular formula is C14H18N4O4S. The number of nitrogens with two attached hydrogens (primary N) is 1. The highest BCUT2D eigenvalue weighted by Gasteiger charge is 2.20. The number of rotatable bonds is 6. The van der Waals surface area contributed by atoms with Crippen molar-refractivity contribution in [1.29, 1.82) is 0 Å². The van der Waals surface area contributed by atoms with Gasteiger partial charge in [-0.25, -0.2) is 23.1 Å². The zero-order chi connectivity index (χ0) is 17.0. The van der Waals surface area contributed by atoms with Crippen LogP contribution in [0.15, 0.2) is 29.3 Å². The van der Waals surface area contributed by atoms with Gasteiger partial charge in [0.1, 0.15) is 10.6 Å². The summed E-state index contributed by atoms with van der Waals surface area (Å²) in [5.41, 5.74) is 7.45. The number of nitrogens with zero attached hydrogens (tertiary/aromatic N) is 2. The van der Waals surface area contributed by atoms with Crippen LogP contribution in [0, 0.1) is 6.92 Å². The van der Waals surface area contributed by atoms with Gasteiger partial charge in [0, 0.05) is 18.3 Å². The lowest BCUT2D eigenvalue weighted by molar-refractivity contribution is 0.301. The van der Waals surface area contributed by atoms with Crippen LogP contribution < -0.4 is 15.2 Å². The second-order valence-electron chi connectivity index (χ2n) is 4.71. The van der Waals surface area contributed by atoms with Crippen molar-refractivity contribution in [2.75, 3.05) is 26.0 Å². The van der Waals surface area contributed by atoms with Crippen molar-refractivity contribution in [3.8, 4) is 16.9 Å². The Morgan fingerprint density at radius 2 is 2.13 bits per heavy atom. The van der Waals surface area contributed by atoms with Crippen LogP contribution in [0.1, 0.15) is 5.69 Å². The Hall–Kier alpha value is -2.23. The molecule has 2 rings (SSSR count). The number of nitrogen functional groups attached to an aromatic ring is 1. The highest BCUT2D eigenvalue weighted by atomic mass is 32.2. The summed E-state index contributed by atoms with van der Waals surface area (Å²) in [6.45, 7) is 1.38. The van der Waals surface area contributed by atoms with E-state index in [0.29, 0.717) is 16.8 Å². The maximum Gasteiger partial charge on any atom is 0.244 e. The van der Waals surface area contributed by atoms with Crippen molar-refractivity contribution in [3.05, 3.63) is 30.1 Å². The molecule has 1 aromatic carbocycles. The molecule has 0 radical (unpaired) electrons. The van der Waals surface area contributed by atoms with Gasteiger partial charge in [0.25, 0.3) is 0 Å².